The maximum atomic E-state index is 10.9. The van der Waals surface area contributed by atoms with Gasteiger partial charge < -0.3 is 20.1 Å². The lowest BCUT2D eigenvalue weighted by molar-refractivity contribution is -0.146. The highest BCUT2D eigenvalue weighted by atomic mass is 16.6. The normalized spacial score (nSPS) is 21.2. The van der Waals surface area contributed by atoms with E-state index in [2.05, 4.69) is 0 Å². The molecule has 0 radical (unpaired) electrons. The van der Waals surface area contributed by atoms with Gasteiger partial charge in [0, 0.05) is 6.08 Å². The summed E-state index contributed by atoms with van der Waals surface area (Å²) >= 11 is 0. The van der Waals surface area contributed by atoms with E-state index in [0.29, 0.717) is 6.42 Å². The molecule has 0 aliphatic carbocycles. The first kappa shape index (κ1) is 20.1. The first-order chi connectivity index (χ1) is 11.0. The van der Waals surface area contributed by atoms with Crippen LogP contribution in [0.2, 0.25) is 0 Å². The first-order valence-electron chi connectivity index (χ1n) is 8.93. The zero-order chi connectivity index (χ0) is 17.1. The van der Waals surface area contributed by atoms with Gasteiger partial charge in [0.2, 0.25) is 0 Å². The molecule has 1 aliphatic heterocycles. The lowest BCUT2D eigenvalue weighted by Gasteiger charge is -2.21. The van der Waals surface area contributed by atoms with Gasteiger partial charge in [-0.15, -0.1) is 0 Å². The van der Waals surface area contributed by atoms with E-state index in [1.807, 2.05) is 6.92 Å². The van der Waals surface area contributed by atoms with Crippen LogP contribution in [0.3, 0.4) is 0 Å². The van der Waals surface area contributed by atoms with Gasteiger partial charge in [0.05, 0.1) is 12.2 Å². The number of rotatable bonds is 13. The van der Waals surface area contributed by atoms with Crippen molar-refractivity contribution in [2.24, 2.45) is 0 Å². The maximum absolute atomic E-state index is 10.9. The Kier molecular flexibility index (Phi) is 10.2. The van der Waals surface area contributed by atoms with Gasteiger partial charge in [0.15, 0.2) is 0 Å². The molecule has 0 saturated heterocycles. The molecule has 0 spiro atoms. The quantitative estimate of drug-likeness (QED) is 0.357. The Hall–Kier alpha value is -0.910. The number of hydrogen-bond acceptors (Lipinski definition) is 5. The zero-order valence-corrected chi connectivity index (χ0v) is 14.2. The molecule has 0 aromatic rings. The summed E-state index contributed by atoms with van der Waals surface area (Å²) in [4.78, 5) is 10.9. The molecule has 1 rings (SSSR count). The van der Waals surface area contributed by atoms with Crippen LogP contribution in [0, 0.1) is 0 Å². The molecule has 5 heteroatoms. The fourth-order valence-electron chi connectivity index (χ4n) is 2.81. The standard InChI is InChI=1S/C18H32O5/c1-14(19)10-8-6-4-2-3-5-7-9-11-15(20)18(22)16-12-13-17(21)23-16/h12-16,18-20,22H,2-11H2,1H3/t14-,15+,16+,18-/m0/s1. The largest absolute Gasteiger partial charge is 0.452 e. The van der Waals surface area contributed by atoms with Crippen LogP contribution >= 0.6 is 0 Å². The van der Waals surface area contributed by atoms with Crippen LogP contribution in [0.25, 0.3) is 0 Å². The van der Waals surface area contributed by atoms with Crippen LogP contribution in [0.1, 0.15) is 71.1 Å². The van der Waals surface area contributed by atoms with Gasteiger partial charge in [-0.2, -0.15) is 0 Å². The number of carbonyl (C=O) groups is 1. The summed E-state index contributed by atoms with van der Waals surface area (Å²) in [7, 11) is 0. The Morgan fingerprint density at radius 3 is 1.96 bits per heavy atom. The van der Waals surface area contributed by atoms with Crippen LogP contribution in [-0.2, 0) is 9.53 Å². The van der Waals surface area contributed by atoms with Gasteiger partial charge in [-0.25, -0.2) is 4.79 Å². The number of esters is 1. The highest BCUT2D eigenvalue weighted by Gasteiger charge is 2.29. The molecule has 23 heavy (non-hydrogen) atoms. The average molecular weight is 328 g/mol. The fourth-order valence-corrected chi connectivity index (χ4v) is 2.81. The molecule has 0 aromatic carbocycles. The minimum Gasteiger partial charge on any atom is -0.452 e. The van der Waals surface area contributed by atoms with E-state index in [-0.39, 0.29) is 6.10 Å². The van der Waals surface area contributed by atoms with Crippen molar-refractivity contribution < 1.29 is 24.9 Å². The van der Waals surface area contributed by atoms with Crippen molar-refractivity contribution in [3.05, 3.63) is 12.2 Å². The minimum atomic E-state index is -1.04. The third kappa shape index (κ3) is 9.08. The SMILES string of the molecule is C[C@H](O)CCCCCCCCCC[C@@H](O)[C@H](O)[C@H]1C=CC(=O)O1. The highest BCUT2D eigenvalue weighted by molar-refractivity contribution is 5.84. The molecule has 1 aliphatic rings. The lowest BCUT2D eigenvalue weighted by atomic mass is 10.0. The Bertz CT molecular complexity index is 353. The zero-order valence-electron chi connectivity index (χ0n) is 14.2. The number of hydrogen-bond donors (Lipinski definition) is 3. The molecule has 3 N–H and O–H groups in total. The Labute approximate surface area is 139 Å². The van der Waals surface area contributed by atoms with Crippen molar-refractivity contribution in [2.45, 2.75) is 95.5 Å². The molecule has 1 heterocycles. The van der Waals surface area contributed by atoms with Gasteiger partial charge in [-0.1, -0.05) is 51.4 Å². The van der Waals surface area contributed by atoms with E-state index in [1.165, 1.54) is 37.8 Å². The Balaban J connectivity index is 1.92. The third-order valence-electron chi connectivity index (χ3n) is 4.28. The predicted molar refractivity (Wildman–Crippen MR) is 88.9 cm³/mol. The van der Waals surface area contributed by atoms with E-state index in [9.17, 15) is 15.0 Å². The molecule has 134 valence electrons. The summed E-state index contributed by atoms with van der Waals surface area (Å²) in [5.41, 5.74) is 0. The molecule has 0 aromatic heterocycles. The Morgan fingerprint density at radius 2 is 1.48 bits per heavy atom. The monoisotopic (exact) mass is 328 g/mol. The number of cyclic esters (lactones) is 1. The molecule has 5 nitrogen and oxygen atoms in total. The molecule has 0 amide bonds. The highest BCUT2D eigenvalue weighted by Crippen LogP contribution is 2.17. The van der Waals surface area contributed by atoms with Crippen LogP contribution in [0.5, 0.6) is 0 Å². The van der Waals surface area contributed by atoms with E-state index in [0.717, 1.165) is 32.1 Å². The van der Waals surface area contributed by atoms with Crippen molar-refractivity contribution >= 4 is 5.97 Å². The van der Waals surface area contributed by atoms with Crippen molar-refractivity contribution in [1.82, 2.24) is 0 Å². The molecule has 0 fully saturated rings. The summed E-state index contributed by atoms with van der Waals surface area (Å²) in [6, 6.07) is 0. The number of unbranched alkanes of at least 4 members (excludes halogenated alkanes) is 7. The molecule has 0 saturated carbocycles. The van der Waals surface area contributed by atoms with Crippen molar-refractivity contribution in [1.29, 1.82) is 0 Å². The van der Waals surface area contributed by atoms with Crippen molar-refractivity contribution in [2.75, 3.05) is 0 Å². The summed E-state index contributed by atoms with van der Waals surface area (Å²) in [6.07, 6.45) is 10.4. The van der Waals surface area contributed by atoms with Crippen LogP contribution < -0.4 is 0 Å². The molecule has 0 bridgehead atoms. The second-order valence-electron chi connectivity index (χ2n) is 6.57. The second-order valence-corrected chi connectivity index (χ2v) is 6.57. The van der Waals surface area contributed by atoms with Gasteiger partial charge in [0.1, 0.15) is 12.2 Å². The molecular weight excluding hydrogens is 296 g/mol. The number of aliphatic hydroxyl groups is 3. The smallest absolute Gasteiger partial charge is 0.331 e. The molecular formula is C18H32O5. The van der Waals surface area contributed by atoms with Gasteiger partial charge in [-0.3, -0.25) is 0 Å². The van der Waals surface area contributed by atoms with Gasteiger partial charge in [-0.05, 0) is 25.8 Å². The lowest BCUT2D eigenvalue weighted by Crippen LogP contribution is -2.37. The number of aliphatic hydroxyl groups excluding tert-OH is 3. The first-order valence-corrected chi connectivity index (χ1v) is 8.93. The molecule has 0 unspecified atom stereocenters. The Morgan fingerprint density at radius 1 is 0.957 bits per heavy atom. The van der Waals surface area contributed by atoms with E-state index in [4.69, 9.17) is 9.84 Å². The van der Waals surface area contributed by atoms with E-state index >= 15 is 0 Å². The molecule has 4 atom stereocenters. The number of carbonyl (C=O) groups excluding carboxylic acids is 1. The summed E-state index contributed by atoms with van der Waals surface area (Å²) in [6.45, 7) is 1.83. The van der Waals surface area contributed by atoms with Crippen LogP contribution in [0.4, 0.5) is 0 Å². The summed E-state index contributed by atoms with van der Waals surface area (Å²) in [5, 5.41) is 29.0. The van der Waals surface area contributed by atoms with Crippen LogP contribution in [0.15, 0.2) is 12.2 Å². The van der Waals surface area contributed by atoms with Crippen molar-refractivity contribution in [3.8, 4) is 0 Å². The van der Waals surface area contributed by atoms with Crippen LogP contribution in [-0.4, -0.2) is 45.7 Å². The fraction of sp³-hybridized carbons (Fsp3) is 0.833. The summed E-state index contributed by atoms with van der Waals surface area (Å²) in [5.74, 6) is -0.463. The minimum absolute atomic E-state index is 0.181. The summed E-state index contributed by atoms with van der Waals surface area (Å²) < 4.78 is 4.87. The topological polar surface area (TPSA) is 87.0 Å². The van der Waals surface area contributed by atoms with Crippen molar-refractivity contribution in [3.63, 3.8) is 0 Å². The van der Waals surface area contributed by atoms with Gasteiger partial charge >= 0.3 is 5.97 Å². The predicted octanol–water partition coefficient (Wildman–Crippen LogP) is 2.47. The van der Waals surface area contributed by atoms with Gasteiger partial charge in [0.25, 0.3) is 0 Å². The second kappa shape index (κ2) is 11.6. The van der Waals surface area contributed by atoms with E-state index in [1.54, 1.807) is 0 Å². The average Bonchev–Trinajstić information content (AvgIpc) is 2.94. The number of ether oxygens (including phenoxy) is 1. The maximum Gasteiger partial charge on any atom is 0.331 e. The van der Waals surface area contributed by atoms with E-state index < -0.39 is 24.3 Å². The third-order valence-corrected chi connectivity index (χ3v) is 4.28.